The molecular formula is C8H13NO. The predicted molar refractivity (Wildman–Crippen MR) is 43.5 cm³/mol. The highest BCUT2D eigenvalue weighted by molar-refractivity contribution is 6.02. The zero-order valence-corrected chi connectivity index (χ0v) is 6.93. The minimum absolute atomic E-state index is 0.100. The van der Waals surface area contributed by atoms with Crippen molar-refractivity contribution in [3.05, 3.63) is 11.6 Å². The van der Waals surface area contributed by atoms with Gasteiger partial charge in [0, 0.05) is 12.8 Å². The SMILES string of the molecule is CN=C(C)/C=C(\C)C(C)=O. The fourth-order valence-corrected chi connectivity index (χ4v) is 0.480. The van der Waals surface area contributed by atoms with Crippen molar-refractivity contribution in [3.63, 3.8) is 0 Å². The topological polar surface area (TPSA) is 29.4 Å². The fraction of sp³-hybridized carbons (Fsp3) is 0.500. The van der Waals surface area contributed by atoms with Gasteiger partial charge in [0.05, 0.1) is 0 Å². The van der Waals surface area contributed by atoms with Gasteiger partial charge in [-0.3, -0.25) is 9.79 Å². The van der Waals surface area contributed by atoms with Gasteiger partial charge in [0.25, 0.3) is 0 Å². The van der Waals surface area contributed by atoms with Crippen molar-refractivity contribution in [1.29, 1.82) is 0 Å². The van der Waals surface area contributed by atoms with Gasteiger partial charge in [-0.05, 0) is 32.4 Å². The summed E-state index contributed by atoms with van der Waals surface area (Å²) in [7, 11) is 1.71. The van der Waals surface area contributed by atoms with Gasteiger partial charge >= 0.3 is 0 Å². The van der Waals surface area contributed by atoms with Gasteiger partial charge in [0.15, 0.2) is 5.78 Å². The first-order chi connectivity index (χ1) is 4.57. The lowest BCUT2D eigenvalue weighted by atomic mass is 10.2. The van der Waals surface area contributed by atoms with Crippen LogP contribution in [0.1, 0.15) is 20.8 Å². The third-order valence-corrected chi connectivity index (χ3v) is 1.33. The first-order valence-corrected chi connectivity index (χ1v) is 3.20. The number of carbonyl (C=O) groups is 1. The van der Waals surface area contributed by atoms with Gasteiger partial charge < -0.3 is 0 Å². The highest BCUT2D eigenvalue weighted by atomic mass is 16.1. The van der Waals surface area contributed by atoms with E-state index in [2.05, 4.69) is 4.99 Å². The first kappa shape index (κ1) is 9.08. The molecule has 0 aromatic carbocycles. The van der Waals surface area contributed by atoms with Gasteiger partial charge in [-0.1, -0.05) is 0 Å². The lowest BCUT2D eigenvalue weighted by Crippen LogP contribution is -1.95. The molecule has 2 nitrogen and oxygen atoms in total. The number of allylic oxidation sites excluding steroid dienone is 2. The zero-order valence-electron chi connectivity index (χ0n) is 6.93. The molecule has 0 fully saturated rings. The van der Waals surface area contributed by atoms with Crippen molar-refractivity contribution in [2.75, 3.05) is 7.05 Å². The lowest BCUT2D eigenvalue weighted by molar-refractivity contribution is -0.113. The van der Waals surface area contributed by atoms with Gasteiger partial charge in [0.1, 0.15) is 0 Å². The average molecular weight is 139 g/mol. The van der Waals surface area contributed by atoms with Crippen LogP contribution < -0.4 is 0 Å². The molecule has 0 rings (SSSR count). The highest BCUT2D eigenvalue weighted by Gasteiger charge is 1.94. The number of ketones is 1. The van der Waals surface area contributed by atoms with Crippen molar-refractivity contribution in [2.45, 2.75) is 20.8 Å². The summed E-state index contributed by atoms with van der Waals surface area (Å²) in [6.45, 7) is 5.21. The molecule has 56 valence electrons. The summed E-state index contributed by atoms with van der Waals surface area (Å²) in [6, 6.07) is 0. The molecule has 0 saturated carbocycles. The Morgan fingerprint density at radius 3 is 2.10 bits per heavy atom. The largest absolute Gasteiger partial charge is 0.295 e. The van der Waals surface area contributed by atoms with Crippen LogP contribution in [0.15, 0.2) is 16.6 Å². The third kappa shape index (κ3) is 3.17. The molecule has 0 amide bonds. The Kier molecular flexibility index (Phi) is 3.62. The summed E-state index contributed by atoms with van der Waals surface area (Å²) in [5.74, 6) is 0.100. The van der Waals surface area contributed by atoms with E-state index in [9.17, 15) is 4.79 Å². The van der Waals surface area contributed by atoms with E-state index in [4.69, 9.17) is 0 Å². The summed E-state index contributed by atoms with van der Waals surface area (Å²) < 4.78 is 0. The molecule has 0 saturated heterocycles. The summed E-state index contributed by atoms with van der Waals surface area (Å²) in [4.78, 5) is 14.6. The van der Waals surface area contributed by atoms with E-state index in [0.29, 0.717) is 0 Å². The number of aliphatic imine (C=N–C) groups is 1. The second kappa shape index (κ2) is 3.99. The Morgan fingerprint density at radius 2 is 1.80 bits per heavy atom. The Labute approximate surface area is 61.7 Å². The van der Waals surface area contributed by atoms with Gasteiger partial charge in [0.2, 0.25) is 0 Å². The van der Waals surface area contributed by atoms with E-state index >= 15 is 0 Å². The summed E-state index contributed by atoms with van der Waals surface area (Å²) >= 11 is 0. The minimum atomic E-state index is 0.100. The molecule has 2 heteroatoms. The van der Waals surface area contributed by atoms with E-state index in [1.54, 1.807) is 27.0 Å². The average Bonchev–Trinajstić information content (AvgIpc) is 1.87. The molecule has 0 unspecified atom stereocenters. The number of Topliss-reactive ketones (excluding diaryl/α,β-unsaturated/α-hetero) is 1. The maximum atomic E-state index is 10.7. The molecule has 0 N–H and O–H groups in total. The molecule has 0 aliphatic heterocycles. The van der Waals surface area contributed by atoms with Gasteiger partial charge in [-0.15, -0.1) is 0 Å². The summed E-state index contributed by atoms with van der Waals surface area (Å²) in [6.07, 6.45) is 1.78. The Hall–Kier alpha value is -0.920. The summed E-state index contributed by atoms with van der Waals surface area (Å²) in [5.41, 5.74) is 1.64. The molecule has 10 heavy (non-hydrogen) atoms. The Balaban J connectivity index is 4.31. The summed E-state index contributed by atoms with van der Waals surface area (Å²) in [5, 5.41) is 0. The Bertz CT molecular complexity index is 189. The second-order valence-corrected chi connectivity index (χ2v) is 2.25. The number of hydrogen-bond acceptors (Lipinski definition) is 2. The van der Waals surface area contributed by atoms with Gasteiger partial charge in [-0.25, -0.2) is 0 Å². The molecule has 0 bridgehead atoms. The monoisotopic (exact) mass is 139 g/mol. The molecule has 0 aromatic heterocycles. The van der Waals surface area contributed by atoms with Crippen molar-refractivity contribution in [1.82, 2.24) is 0 Å². The smallest absolute Gasteiger partial charge is 0.155 e. The first-order valence-electron chi connectivity index (χ1n) is 3.20. The number of hydrogen-bond donors (Lipinski definition) is 0. The fourth-order valence-electron chi connectivity index (χ4n) is 0.480. The van der Waals surface area contributed by atoms with Crippen LogP contribution in [-0.2, 0) is 4.79 Å². The maximum absolute atomic E-state index is 10.7. The van der Waals surface area contributed by atoms with Crippen molar-refractivity contribution in [2.24, 2.45) is 4.99 Å². The second-order valence-electron chi connectivity index (χ2n) is 2.25. The van der Waals surface area contributed by atoms with Crippen LogP contribution in [0.5, 0.6) is 0 Å². The Morgan fingerprint density at radius 1 is 1.30 bits per heavy atom. The maximum Gasteiger partial charge on any atom is 0.155 e. The third-order valence-electron chi connectivity index (χ3n) is 1.33. The number of carbonyl (C=O) groups excluding carboxylic acids is 1. The molecule has 0 spiro atoms. The predicted octanol–water partition coefficient (Wildman–Crippen LogP) is 1.61. The highest BCUT2D eigenvalue weighted by Crippen LogP contribution is 1.94. The van der Waals surface area contributed by atoms with E-state index < -0.39 is 0 Å². The van der Waals surface area contributed by atoms with Crippen LogP contribution in [0.3, 0.4) is 0 Å². The van der Waals surface area contributed by atoms with E-state index in [0.717, 1.165) is 11.3 Å². The van der Waals surface area contributed by atoms with E-state index in [-0.39, 0.29) is 5.78 Å². The number of nitrogens with zero attached hydrogens (tertiary/aromatic N) is 1. The van der Waals surface area contributed by atoms with E-state index in [1.165, 1.54) is 0 Å². The van der Waals surface area contributed by atoms with Crippen molar-refractivity contribution >= 4 is 11.5 Å². The molecule has 0 heterocycles. The minimum Gasteiger partial charge on any atom is -0.295 e. The molecule has 0 radical (unpaired) electrons. The van der Waals surface area contributed by atoms with Gasteiger partial charge in [-0.2, -0.15) is 0 Å². The number of rotatable bonds is 2. The molecule has 0 atom stereocenters. The molecule has 0 aromatic rings. The molecule has 0 aliphatic carbocycles. The van der Waals surface area contributed by atoms with Crippen LogP contribution in [0.4, 0.5) is 0 Å². The van der Waals surface area contributed by atoms with E-state index in [1.807, 2.05) is 6.92 Å². The van der Waals surface area contributed by atoms with Crippen LogP contribution in [0, 0.1) is 0 Å². The van der Waals surface area contributed by atoms with Crippen LogP contribution in [-0.4, -0.2) is 18.5 Å². The zero-order chi connectivity index (χ0) is 8.15. The lowest BCUT2D eigenvalue weighted by Gasteiger charge is -1.92. The van der Waals surface area contributed by atoms with Crippen LogP contribution in [0.25, 0.3) is 0 Å². The molecule has 0 aliphatic rings. The molecular weight excluding hydrogens is 126 g/mol. The van der Waals surface area contributed by atoms with Crippen LogP contribution in [0.2, 0.25) is 0 Å². The quantitative estimate of drug-likeness (QED) is 0.422. The van der Waals surface area contributed by atoms with Crippen LogP contribution >= 0.6 is 0 Å². The normalized spacial score (nSPS) is 13.6. The van der Waals surface area contributed by atoms with Crippen molar-refractivity contribution in [3.8, 4) is 0 Å². The van der Waals surface area contributed by atoms with Crippen molar-refractivity contribution < 1.29 is 4.79 Å². The standard InChI is InChI=1S/C8H13NO/c1-6(8(3)10)5-7(2)9-4/h5H,1-4H3/b6-5+,9-7?.